The van der Waals surface area contributed by atoms with Gasteiger partial charge in [-0.3, -0.25) is 4.79 Å². The van der Waals surface area contributed by atoms with Gasteiger partial charge in [-0.15, -0.1) is 0 Å². The van der Waals surface area contributed by atoms with Crippen LogP contribution in [0.5, 0.6) is 5.75 Å². The average molecular weight is 369 g/mol. The SMILES string of the molecule is Cc1cccc(OCC(=O)N[C@@H]2CN(c3ccncn3)C[C@H]2CN(C)C)c1. The summed E-state index contributed by atoms with van der Waals surface area (Å²) >= 11 is 0. The summed E-state index contributed by atoms with van der Waals surface area (Å²) in [6.07, 6.45) is 3.29. The van der Waals surface area contributed by atoms with Gasteiger partial charge in [-0.2, -0.15) is 0 Å². The molecule has 0 unspecified atom stereocenters. The molecule has 1 aromatic heterocycles. The van der Waals surface area contributed by atoms with E-state index < -0.39 is 0 Å². The first-order chi connectivity index (χ1) is 13.0. The van der Waals surface area contributed by atoms with Gasteiger partial charge < -0.3 is 19.9 Å². The van der Waals surface area contributed by atoms with Crippen molar-refractivity contribution < 1.29 is 9.53 Å². The van der Waals surface area contributed by atoms with Gasteiger partial charge in [0.2, 0.25) is 0 Å². The standard InChI is InChI=1S/C20H27N5O2/c1-15-5-4-6-17(9-15)27-13-20(26)23-18-12-25(11-16(18)10-24(2)3)19-7-8-21-14-22-19/h4-9,14,16,18H,10-13H2,1-3H3,(H,23,26)/t16-,18-/m1/s1. The number of nitrogens with one attached hydrogen (secondary N) is 1. The summed E-state index contributed by atoms with van der Waals surface area (Å²) in [5.74, 6) is 1.82. The summed E-state index contributed by atoms with van der Waals surface area (Å²) in [4.78, 5) is 25.1. The highest BCUT2D eigenvalue weighted by Crippen LogP contribution is 2.22. The van der Waals surface area contributed by atoms with Crippen molar-refractivity contribution in [2.75, 3.05) is 45.2 Å². The Labute approximate surface area is 160 Å². The van der Waals surface area contributed by atoms with Gasteiger partial charge in [-0.1, -0.05) is 12.1 Å². The normalized spacial score (nSPS) is 19.3. The van der Waals surface area contributed by atoms with Crippen molar-refractivity contribution in [2.45, 2.75) is 13.0 Å². The number of benzene rings is 1. The lowest BCUT2D eigenvalue weighted by atomic mass is 10.0. The van der Waals surface area contributed by atoms with Crippen LogP contribution in [0.3, 0.4) is 0 Å². The Kier molecular flexibility index (Phi) is 6.24. The fraction of sp³-hybridized carbons (Fsp3) is 0.450. The Bertz CT molecular complexity index is 753. The number of anilines is 1. The zero-order chi connectivity index (χ0) is 19.2. The largest absolute Gasteiger partial charge is 0.484 e. The number of rotatable bonds is 7. The Morgan fingerprint density at radius 1 is 1.33 bits per heavy atom. The zero-order valence-corrected chi connectivity index (χ0v) is 16.1. The topological polar surface area (TPSA) is 70.6 Å². The molecule has 1 aliphatic rings. The molecule has 0 bridgehead atoms. The number of aryl methyl sites for hydroxylation is 1. The Balaban J connectivity index is 1.59. The average Bonchev–Trinajstić information content (AvgIpc) is 3.02. The minimum absolute atomic E-state index is 0.0160. The van der Waals surface area contributed by atoms with Crippen LogP contribution >= 0.6 is 0 Å². The second-order valence-electron chi connectivity index (χ2n) is 7.27. The predicted molar refractivity (Wildman–Crippen MR) is 105 cm³/mol. The molecular formula is C20H27N5O2. The molecule has 3 rings (SSSR count). The molecule has 144 valence electrons. The number of hydrogen-bond acceptors (Lipinski definition) is 6. The van der Waals surface area contributed by atoms with Crippen molar-refractivity contribution in [3.8, 4) is 5.75 Å². The van der Waals surface area contributed by atoms with Crippen LogP contribution in [0.4, 0.5) is 5.82 Å². The maximum Gasteiger partial charge on any atom is 0.258 e. The van der Waals surface area contributed by atoms with Crippen molar-refractivity contribution in [3.05, 3.63) is 48.4 Å². The van der Waals surface area contributed by atoms with Crippen molar-refractivity contribution in [3.63, 3.8) is 0 Å². The Morgan fingerprint density at radius 2 is 2.19 bits per heavy atom. The number of hydrogen-bond donors (Lipinski definition) is 1. The lowest BCUT2D eigenvalue weighted by Crippen LogP contribution is -2.45. The highest BCUT2D eigenvalue weighted by molar-refractivity contribution is 5.78. The van der Waals surface area contributed by atoms with Crippen LogP contribution < -0.4 is 15.0 Å². The van der Waals surface area contributed by atoms with Gasteiger partial charge in [0.25, 0.3) is 5.91 Å². The van der Waals surface area contributed by atoms with Crippen LogP contribution in [0.2, 0.25) is 0 Å². The first-order valence-electron chi connectivity index (χ1n) is 9.16. The summed E-state index contributed by atoms with van der Waals surface area (Å²) in [6, 6.07) is 9.66. The smallest absolute Gasteiger partial charge is 0.258 e. The molecule has 2 atom stereocenters. The third kappa shape index (κ3) is 5.40. The van der Waals surface area contributed by atoms with Crippen molar-refractivity contribution in [2.24, 2.45) is 5.92 Å². The maximum atomic E-state index is 12.4. The van der Waals surface area contributed by atoms with Crippen molar-refractivity contribution >= 4 is 11.7 Å². The summed E-state index contributed by atoms with van der Waals surface area (Å²) in [7, 11) is 4.10. The molecule has 27 heavy (non-hydrogen) atoms. The molecule has 0 radical (unpaired) electrons. The molecule has 0 spiro atoms. The van der Waals surface area contributed by atoms with E-state index in [4.69, 9.17) is 4.74 Å². The minimum atomic E-state index is -0.102. The lowest BCUT2D eigenvalue weighted by molar-refractivity contribution is -0.124. The molecule has 7 nitrogen and oxygen atoms in total. The zero-order valence-electron chi connectivity index (χ0n) is 16.1. The van der Waals surface area contributed by atoms with E-state index in [0.717, 1.165) is 31.0 Å². The van der Waals surface area contributed by atoms with E-state index in [1.54, 1.807) is 12.5 Å². The number of ether oxygens (including phenoxy) is 1. The highest BCUT2D eigenvalue weighted by atomic mass is 16.5. The number of nitrogens with zero attached hydrogens (tertiary/aromatic N) is 4. The minimum Gasteiger partial charge on any atom is -0.484 e. The van der Waals surface area contributed by atoms with Crippen molar-refractivity contribution in [1.82, 2.24) is 20.2 Å². The number of aromatic nitrogens is 2. The van der Waals surface area contributed by atoms with E-state index in [-0.39, 0.29) is 18.6 Å². The van der Waals surface area contributed by atoms with E-state index in [2.05, 4.69) is 25.1 Å². The number of amides is 1. The number of carbonyl (C=O) groups excluding carboxylic acids is 1. The van der Waals surface area contributed by atoms with E-state index >= 15 is 0 Å². The first-order valence-corrected chi connectivity index (χ1v) is 9.16. The van der Waals surface area contributed by atoms with E-state index in [1.165, 1.54) is 0 Å². The molecule has 7 heteroatoms. The molecule has 1 saturated heterocycles. The maximum absolute atomic E-state index is 12.4. The van der Waals surface area contributed by atoms with Gasteiger partial charge >= 0.3 is 0 Å². The van der Waals surface area contributed by atoms with Gasteiger partial charge in [0, 0.05) is 31.7 Å². The molecule has 1 fully saturated rings. The van der Waals surface area contributed by atoms with Gasteiger partial charge in [-0.05, 0) is 44.8 Å². The lowest BCUT2D eigenvalue weighted by Gasteiger charge is -2.22. The first kappa shape index (κ1) is 19.1. The second kappa shape index (κ2) is 8.81. The predicted octanol–water partition coefficient (Wildman–Crippen LogP) is 1.35. The second-order valence-corrected chi connectivity index (χ2v) is 7.27. The van der Waals surface area contributed by atoms with Gasteiger partial charge in [0.05, 0.1) is 6.04 Å². The van der Waals surface area contributed by atoms with Gasteiger partial charge in [0.1, 0.15) is 17.9 Å². The van der Waals surface area contributed by atoms with E-state index in [0.29, 0.717) is 11.7 Å². The summed E-state index contributed by atoms with van der Waals surface area (Å²) in [5.41, 5.74) is 1.11. The fourth-order valence-corrected chi connectivity index (χ4v) is 3.45. The summed E-state index contributed by atoms with van der Waals surface area (Å²) in [6.45, 7) is 4.48. The van der Waals surface area contributed by atoms with Crippen LogP contribution in [0.1, 0.15) is 5.56 Å². The molecule has 1 amide bonds. The van der Waals surface area contributed by atoms with Crippen LogP contribution in [-0.2, 0) is 4.79 Å². The third-order valence-electron chi connectivity index (χ3n) is 4.64. The summed E-state index contributed by atoms with van der Waals surface area (Å²) in [5, 5.41) is 3.14. The van der Waals surface area contributed by atoms with Gasteiger partial charge in [-0.25, -0.2) is 9.97 Å². The third-order valence-corrected chi connectivity index (χ3v) is 4.64. The van der Waals surface area contributed by atoms with Gasteiger partial charge in [0.15, 0.2) is 6.61 Å². The van der Waals surface area contributed by atoms with Crippen LogP contribution in [-0.4, -0.2) is 67.2 Å². The van der Waals surface area contributed by atoms with Crippen molar-refractivity contribution in [1.29, 1.82) is 0 Å². The molecule has 0 saturated carbocycles. The molecule has 2 aromatic rings. The highest BCUT2D eigenvalue weighted by Gasteiger charge is 2.34. The van der Waals surface area contributed by atoms with E-state index in [9.17, 15) is 4.79 Å². The molecule has 2 heterocycles. The number of carbonyl (C=O) groups is 1. The Morgan fingerprint density at radius 3 is 2.89 bits per heavy atom. The molecule has 0 aliphatic carbocycles. The fourth-order valence-electron chi connectivity index (χ4n) is 3.45. The molecular weight excluding hydrogens is 342 g/mol. The van der Waals surface area contributed by atoms with Crippen LogP contribution in [0.15, 0.2) is 42.9 Å². The molecule has 1 aliphatic heterocycles. The quantitative estimate of drug-likeness (QED) is 0.794. The van der Waals surface area contributed by atoms with E-state index in [1.807, 2.05) is 51.4 Å². The van der Waals surface area contributed by atoms with Crippen LogP contribution in [0.25, 0.3) is 0 Å². The molecule has 1 aromatic carbocycles. The molecule has 1 N–H and O–H groups in total. The Hall–Kier alpha value is -2.67. The van der Waals surface area contributed by atoms with Crippen LogP contribution in [0, 0.1) is 12.8 Å². The monoisotopic (exact) mass is 369 g/mol. The summed E-state index contributed by atoms with van der Waals surface area (Å²) < 4.78 is 5.63.